The Hall–Kier alpha value is -1.84. The maximum absolute atomic E-state index is 11.8. The first-order valence-electron chi connectivity index (χ1n) is 7.29. The van der Waals surface area contributed by atoms with Gasteiger partial charge >= 0.3 is 5.97 Å². The highest BCUT2D eigenvalue weighted by atomic mass is 35.5. The summed E-state index contributed by atoms with van der Waals surface area (Å²) in [7, 11) is 0. The number of carboxylic acids is 1. The fourth-order valence-electron chi connectivity index (χ4n) is 2.97. The quantitative estimate of drug-likeness (QED) is 0.925. The van der Waals surface area contributed by atoms with E-state index in [1.165, 1.54) is 0 Å². The first-order chi connectivity index (χ1) is 10.6. The van der Waals surface area contributed by atoms with Crippen LogP contribution in [-0.2, 0) is 14.9 Å². The Balaban J connectivity index is 1.92. The Morgan fingerprint density at radius 3 is 1.95 bits per heavy atom. The van der Waals surface area contributed by atoms with Gasteiger partial charge in [0.05, 0.1) is 5.41 Å². The molecule has 0 amide bonds. The van der Waals surface area contributed by atoms with Crippen LogP contribution in [0.1, 0.15) is 18.4 Å². The highest BCUT2D eigenvalue weighted by Gasteiger charge is 2.41. The summed E-state index contributed by atoms with van der Waals surface area (Å²) in [5.41, 5.74) is 2.14. The smallest absolute Gasteiger partial charge is 0.314 e. The van der Waals surface area contributed by atoms with Gasteiger partial charge in [0.1, 0.15) is 0 Å². The normalized spacial score (nSPS) is 17.1. The molecular formula is C18H17ClO3. The van der Waals surface area contributed by atoms with Crippen LogP contribution in [0.3, 0.4) is 0 Å². The zero-order chi connectivity index (χ0) is 15.6. The third-order valence-electron chi connectivity index (χ3n) is 4.37. The second-order valence-corrected chi connectivity index (χ2v) is 6.02. The molecule has 1 N–H and O–H groups in total. The van der Waals surface area contributed by atoms with Gasteiger partial charge in [0.25, 0.3) is 0 Å². The molecule has 0 bridgehead atoms. The van der Waals surface area contributed by atoms with Crippen molar-refractivity contribution >= 4 is 17.6 Å². The van der Waals surface area contributed by atoms with Crippen LogP contribution < -0.4 is 0 Å². The van der Waals surface area contributed by atoms with Gasteiger partial charge in [0.15, 0.2) is 0 Å². The number of hydrogen-bond donors (Lipinski definition) is 1. The Bertz CT molecular complexity index is 656. The predicted molar refractivity (Wildman–Crippen MR) is 86.3 cm³/mol. The molecule has 4 heteroatoms. The molecule has 3 nitrogen and oxygen atoms in total. The molecule has 1 saturated heterocycles. The molecule has 114 valence electrons. The van der Waals surface area contributed by atoms with Crippen molar-refractivity contribution in [2.75, 3.05) is 13.2 Å². The Labute approximate surface area is 134 Å². The van der Waals surface area contributed by atoms with Crippen LogP contribution in [0.5, 0.6) is 0 Å². The van der Waals surface area contributed by atoms with Crippen LogP contribution in [0.2, 0.25) is 5.02 Å². The molecule has 0 aliphatic carbocycles. The summed E-state index contributed by atoms with van der Waals surface area (Å²) in [6, 6.07) is 15.4. The van der Waals surface area contributed by atoms with Crippen molar-refractivity contribution in [1.29, 1.82) is 0 Å². The van der Waals surface area contributed by atoms with E-state index in [4.69, 9.17) is 16.3 Å². The summed E-state index contributed by atoms with van der Waals surface area (Å²) in [5.74, 6) is -0.768. The van der Waals surface area contributed by atoms with Crippen LogP contribution in [0.4, 0.5) is 0 Å². The van der Waals surface area contributed by atoms with Gasteiger partial charge in [-0.05, 0) is 41.7 Å². The van der Waals surface area contributed by atoms with E-state index >= 15 is 0 Å². The Morgan fingerprint density at radius 2 is 1.45 bits per heavy atom. The fourth-order valence-corrected chi connectivity index (χ4v) is 3.10. The second kappa shape index (κ2) is 6.11. The SMILES string of the molecule is O=C(O)C1(c2ccc(-c3ccc(Cl)cc3)cc2)CCOCC1. The fraction of sp³-hybridized carbons (Fsp3) is 0.278. The second-order valence-electron chi connectivity index (χ2n) is 5.58. The molecule has 1 aliphatic heterocycles. The molecule has 0 unspecified atom stereocenters. The lowest BCUT2D eigenvalue weighted by molar-refractivity contribution is -0.147. The standard InChI is InChI=1S/C18H17ClO3/c19-16-7-3-14(4-8-16)13-1-5-15(6-2-13)18(17(20)21)9-11-22-12-10-18/h1-8H,9-12H2,(H,20,21). The first-order valence-corrected chi connectivity index (χ1v) is 7.67. The van der Waals surface area contributed by atoms with Crippen molar-refractivity contribution < 1.29 is 14.6 Å². The summed E-state index contributed by atoms with van der Waals surface area (Å²) >= 11 is 5.90. The summed E-state index contributed by atoms with van der Waals surface area (Å²) in [5, 5.41) is 10.4. The topological polar surface area (TPSA) is 46.5 Å². The zero-order valence-electron chi connectivity index (χ0n) is 12.1. The van der Waals surface area contributed by atoms with E-state index in [0.717, 1.165) is 16.7 Å². The maximum atomic E-state index is 11.8. The number of ether oxygens (including phenoxy) is 1. The molecule has 2 aromatic rings. The minimum Gasteiger partial charge on any atom is -0.481 e. The van der Waals surface area contributed by atoms with Gasteiger partial charge in [-0.25, -0.2) is 0 Å². The number of benzene rings is 2. The van der Waals surface area contributed by atoms with Gasteiger partial charge in [-0.3, -0.25) is 4.79 Å². The predicted octanol–water partition coefficient (Wildman–Crippen LogP) is 4.14. The van der Waals surface area contributed by atoms with Gasteiger partial charge in [-0.2, -0.15) is 0 Å². The molecule has 0 spiro atoms. The van der Waals surface area contributed by atoms with E-state index in [-0.39, 0.29) is 0 Å². The lowest BCUT2D eigenvalue weighted by Crippen LogP contribution is -2.41. The average molecular weight is 317 g/mol. The number of aliphatic carboxylic acids is 1. The summed E-state index contributed by atoms with van der Waals surface area (Å²) in [6.07, 6.45) is 1.03. The molecule has 1 aliphatic rings. The lowest BCUT2D eigenvalue weighted by atomic mass is 9.74. The molecule has 22 heavy (non-hydrogen) atoms. The van der Waals surface area contributed by atoms with Crippen molar-refractivity contribution in [1.82, 2.24) is 0 Å². The van der Waals surface area contributed by atoms with Crippen LogP contribution in [0, 0.1) is 0 Å². The summed E-state index contributed by atoms with van der Waals surface area (Å²) in [6.45, 7) is 0.983. The molecule has 3 rings (SSSR count). The van der Waals surface area contributed by atoms with E-state index in [9.17, 15) is 9.90 Å². The van der Waals surface area contributed by atoms with Crippen molar-refractivity contribution in [3.8, 4) is 11.1 Å². The third-order valence-corrected chi connectivity index (χ3v) is 4.62. The van der Waals surface area contributed by atoms with Gasteiger partial charge in [-0.15, -0.1) is 0 Å². The number of carboxylic acid groups (broad SMARTS) is 1. The molecule has 1 heterocycles. The van der Waals surface area contributed by atoms with Gasteiger partial charge in [-0.1, -0.05) is 48.0 Å². The number of hydrogen-bond acceptors (Lipinski definition) is 2. The molecule has 0 atom stereocenters. The van der Waals surface area contributed by atoms with Gasteiger partial charge in [0, 0.05) is 18.2 Å². The van der Waals surface area contributed by atoms with Crippen LogP contribution in [-0.4, -0.2) is 24.3 Å². The minimum absolute atomic E-state index is 0.491. The number of halogens is 1. The van der Waals surface area contributed by atoms with E-state index < -0.39 is 11.4 Å². The Kier molecular flexibility index (Phi) is 4.19. The van der Waals surface area contributed by atoms with Crippen molar-refractivity contribution in [3.05, 3.63) is 59.1 Å². The van der Waals surface area contributed by atoms with Crippen molar-refractivity contribution in [2.24, 2.45) is 0 Å². The summed E-state index contributed by atoms with van der Waals surface area (Å²) in [4.78, 5) is 11.8. The average Bonchev–Trinajstić information content (AvgIpc) is 2.56. The molecular weight excluding hydrogens is 300 g/mol. The Morgan fingerprint density at radius 1 is 0.955 bits per heavy atom. The van der Waals surface area contributed by atoms with E-state index in [0.29, 0.717) is 31.1 Å². The monoisotopic (exact) mass is 316 g/mol. The van der Waals surface area contributed by atoms with Crippen LogP contribution in [0.15, 0.2) is 48.5 Å². The number of carbonyl (C=O) groups is 1. The molecule has 0 radical (unpaired) electrons. The van der Waals surface area contributed by atoms with E-state index in [2.05, 4.69) is 0 Å². The lowest BCUT2D eigenvalue weighted by Gasteiger charge is -2.33. The molecule has 2 aromatic carbocycles. The van der Waals surface area contributed by atoms with E-state index in [1.54, 1.807) is 0 Å². The highest BCUT2D eigenvalue weighted by Crippen LogP contribution is 2.36. The van der Waals surface area contributed by atoms with Gasteiger partial charge < -0.3 is 9.84 Å². The molecule has 0 saturated carbocycles. The molecule has 0 aromatic heterocycles. The first kappa shape index (κ1) is 15.1. The summed E-state index contributed by atoms with van der Waals surface area (Å²) < 4.78 is 5.32. The maximum Gasteiger partial charge on any atom is 0.314 e. The largest absolute Gasteiger partial charge is 0.481 e. The van der Waals surface area contributed by atoms with Gasteiger partial charge in [0.2, 0.25) is 0 Å². The highest BCUT2D eigenvalue weighted by molar-refractivity contribution is 6.30. The van der Waals surface area contributed by atoms with Crippen LogP contribution in [0.25, 0.3) is 11.1 Å². The number of rotatable bonds is 3. The van der Waals surface area contributed by atoms with Crippen LogP contribution >= 0.6 is 11.6 Å². The van der Waals surface area contributed by atoms with Crippen molar-refractivity contribution in [3.63, 3.8) is 0 Å². The third kappa shape index (κ3) is 2.74. The molecule has 1 fully saturated rings. The van der Waals surface area contributed by atoms with E-state index in [1.807, 2.05) is 48.5 Å². The van der Waals surface area contributed by atoms with Crippen molar-refractivity contribution in [2.45, 2.75) is 18.3 Å². The zero-order valence-corrected chi connectivity index (χ0v) is 12.8. The minimum atomic E-state index is -0.823.